The van der Waals surface area contributed by atoms with Crippen LogP contribution in [0.5, 0.6) is 0 Å². The molecule has 0 radical (unpaired) electrons. The predicted octanol–water partition coefficient (Wildman–Crippen LogP) is 10.6. The first-order chi connectivity index (χ1) is 26.1. The summed E-state index contributed by atoms with van der Waals surface area (Å²) >= 11 is 0. The minimum absolute atomic E-state index is 0.135. The Kier molecular flexibility index (Phi) is 10.8. The number of benzene rings is 6. The molecule has 0 fully saturated rings. The number of hydrogen-bond acceptors (Lipinski definition) is 4. The van der Waals surface area contributed by atoms with Crippen LogP contribution in [0.1, 0.15) is 43.9 Å². The number of amides is 2. The summed E-state index contributed by atoms with van der Waals surface area (Å²) in [5.41, 5.74) is 4.68. The Hall–Kier alpha value is -6.79. The molecule has 0 aliphatic heterocycles. The van der Waals surface area contributed by atoms with Crippen molar-refractivity contribution in [3.8, 4) is 0 Å². The lowest BCUT2D eigenvalue weighted by Gasteiger charge is -2.32. The van der Waals surface area contributed by atoms with E-state index in [0.717, 1.165) is 11.4 Å². The fraction of sp³-hybridized carbons (Fsp3) is 0.0851. The molecular formula is C47H39N3O3. The van der Waals surface area contributed by atoms with E-state index in [1.807, 2.05) is 176 Å². The molecule has 6 heteroatoms. The number of allylic oxidation sites excluding steroid dienone is 2. The molecule has 2 amide bonds. The van der Waals surface area contributed by atoms with E-state index in [0.29, 0.717) is 35.6 Å². The summed E-state index contributed by atoms with van der Waals surface area (Å²) in [7, 11) is 0. The average molecular weight is 694 g/mol. The van der Waals surface area contributed by atoms with Crippen LogP contribution in [0.2, 0.25) is 0 Å². The molecule has 6 aromatic carbocycles. The smallest absolute Gasteiger partial charge is 0.263 e. The third kappa shape index (κ3) is 7.92. The van der Waals surface area contributed by atoms with E-state index in [4.69, 9.17) is 0 Å². The molecule has 0 N–H and O–H groups in total. The minimum Gasteiger partial charge on any atom is -0.341 e. The van der Waals surface area contributed by atoms with Gasteiger partial charge in [-0.3, -0.25) is 19.3 Å². The van der Waals surface area contributed by atoms with Crippen LogP contribution in [0.3, 0.4) is 0 Å². The lowest BCUT2D eigenvalue weighted by atomic mass is 9.96. The number of nitrogens with zero attached hydrogens (tertiary/aromatic N) is 3. The highest BCUT2D eigenvalue weighted by molar-refractivity contribution is 6.20. The largest absolute Gasteiger partial charge is 0.341 e. The van der Waals surface area contributed by atoms with E-state index in [9.17, 15) is 9.59 Å². The molecule has 0 aromatic heterocycles. The molecule has 1 aliphatic carbocycles. The second-order valence-corrected chi connectivity index (χ2v) is 12.7. The third-order valence-electron chi connectivity index (χ3n) is 9.28. The molecule has 6 aromatic rings. The van der Waals surface area contributed by atoms with Crippen molar-refractivity contribution < 1.29 is 14.4 Å². The van der Waals surface area contributed by atoms with Crippen molar-refractivity contribution in [2.45, 2.75) is 18.9 Å². The maximum absolute atomic E-state index is 15.1. The molecule has 0 saturated heterocycles. The van der Waals surface area contributed by atoms with Crippen LogP contribution in [-0.4, -0.2) is 30.2 Å². The zero-order valence-corrected chi connectivity index (χ0v) is 29.2. The van der Waals surface area contributed by atoms with E-state index in [1.54, 1.807) is 28.0 Å². The highest BCUT2D eigenvalue weighted by Crippen LogP contribution is 2.32. The molecule has 260 valence electrons. The molecule has 0 bridgehead atoms. The van der Waals surface area contributed by atoms with E-state index >= 15 is 4.79 Å². The Morgan fingerprint density at radius 3 is 1.49 bits per heavy atom. The third-order valence-corrected chi connectivity index (χ3v) is 9.28. The van der Waals surface area contributed by atoms with Crippen LogP contribution in [0.25, 0.3) is 0 Å². The number of hydrogen-bond donors (Lipinski definition) is 0. The monoisotopic (exact) mass is 693 g/mol. The standard InChI is InChI=1S/C47H39N3O3/c51-45(33-34-48(37-19-7-1-8-20-37)38-21-9-2-10-22-38)36-31-32-43(46(52)49(39-23-11-3-12-24-39)40-25-13-4-14-26-40)44(35-36)47(53)50(41-27-15-5-16-28-41)42-29-17-6-18-30-42/h1-29,31-32,35,42H,30,33-34H2. The summed E-state index contributed by atoms with van der Waals surface area (Å²) in [5.74, 6) is -0.878. The van der Waals surface area contributed by atoms with E-state index in [1.165, 1.54) is 0 Å². The van der Waals surface area contributed by atoms with Gasteiger partial charge in [0, 0.05) is 47.0 Å². The first kappa shape index (κ1) is 34.6. The van der Waals surface area contributed by atoms with Crippen molar-refractivity contribution in [1.29, 1.82) is 0 Å². The minimum atomic E-state index is -0.379. The zero-order chi connectivity index (χ0) is 36.4. The fourth-order valence-electron chi connectivity index (χ4n) is 6.66. The molecular weight excluding hydrogens is 655 g/mol. The Labute approximate surface area is 310 Å². The average Bonchev–Trinajstić information content (AvgIpc) is 3.23. The lowest BCUT2D eigenvalue weighted by molar-refractivity contribution is 0.0955. The molecule has 53 heavy (non-hydrogen) atoms. The summed E-state index contributed by atoms with van der Waals surface area (Å²) < 4.78 is 0. The second kappa shape index (κ2) is 16.5. The number of para-hydroxylation sites is 5. The quantitative estimate of drug-likeness (QED) is 0.120. The Morgan fingerprint density at radius 1 is 0.509 bits per heavy atom. The Balaban J connectivity index is 1.30. The zero-order valence-electron chi connectivity index (χ0n) is 29.2. The number of carbonyl (C=O) groups is 3. The molecule has 1 unspecified atom stereocenters. The lowest BCUT2D eigenvalue weighted by Crippen LogP contribution is -2.41. The second-order valence-electron chi connectivity index (χ2n) is 12.7. The summed E-state index contributed by atoms with van der Waals surface area (Å²) in [5, 5.41) is 0. The van der Waals surface area contributed by atoms with Gasteiger partial charge in [0.1, 0.15) is 0 Å². The van der Waals surface area contributed by atoms with Crippen LogP contribution in [-0.2, 0) is 0 Å². The predicted molar refractivity (Wildman–Crippen MR) is 215 cm³/mol. The van der Waals surface area contributed by atoms with Gasteiger partial charge in [-0.1, -0.05) is 121 Å². The molecule has 6 nitrogen and oxygen atoms in total. The summed E-state index contributed by atoms with van der Waals surface area (Å²) in [6.45, 7) is 0.419. The summed E-state index contributed by atoms with van der Waals surface area (Å²) in [6, 6.07) is 52.8. The van der Waals surface area contributed by atoms with Gasteiger partial charge >= 0.3 is 0 Å². The Morgan fingerprint density at radius 2 is 1.00 bits per heavy atom. The van der Waals surface area contributed by atoms with Crippen molar-refractivity contribution in [2.75, 3.05) is 21.2 Å². The van der Waals surface area contributed by atoms with Gasteiger partial charge < -0.3 is 9.80 Å². The summed E-state index contributed by atoms with van der Waals surface area (Å²) in [6.07, 6.45) is 8.70. The van der Waals surface area contributed by atoms with Crippen LogP contribution >= 0.6 is 0 Å². The van der Waals surface area contributed by atoms with Crippen molar-refractivity contribution in [3.63, 3.8) is 0 Å². The van der Waals surface area contributed by atoms with Gasteiger partial charge in [-0.05, 0) is 79.2 Å². The van der Waals surface area contributed by atoms with Crippen LogP contribution in [0, 0.1) is 0 Å². The van der Waals surface area contributed by atoms with Crippen molar-refractivity contribution >= 4 is 46.0 Å². The number of rotatable bonds is 12. The highest BCUT2D eigenvalue weighted by Gasteiger charge is 2.31. The molecule has 0 spiro atoms. The normalized spacial score (nSPS) is 13.2. The van der Waals surface area contributed by atoms with Crippen molar-refractivity contribution in [3.05, 3.63) is 211 Å². The van der Waals surface area contributed by atoms with Gasteiger partial charge in [0.2, 0.25) is 0 Å². The maximum Gasteiger partial charge on any atom is 0.263 e. The van der Waals surface area contributed by atoms with Crippen molar-refractivity contribution in [1.82, 2.24) is 0 Å². The Bertz CT molecular complexity index is 2140. The van der Waals surface area contributed by atoms with Crippen LogP contribution in [0.15, 0.2) is 194 Å². The van der Waals surface area contributed by atoms with Gasteiger partial charge in [-0.15, -0.1) is 0 Å². The highest BCUT2D eigenvalue weighted by atomic mass is 16.2. The van der Waals surface area contributed by atoms with Crippen LogP contribution in [0.4, 0.5) is 28.4 Å². The first-order valence-corrected chi connectivity index (χ1v) is 17.8. The van der Waals surface area contributed by atoms with Gasteiger partial charge in [0.25, 0.3) is 11.8 Å². The van der Waals surface area contributed by atoms with Gasteiger partial charge in [0.05, 0.1) is 17.2 Å². The molecule has 7 rings (SSSR count). The number of anilines is 5. The number of ketones is 1. The molecule has 1 aliphatic rings. The number of Topliss-reactive ketones (excluding diaryl/α,β-unsaturated/α-hetero) is 1. The molecule has 0 heterocycles. The van der Waals surface area contributed by atoms with Gasteiger partial charge in [-0.25, -0.2) is 0 Å². The van der Waals surface area contributed by atoms with Gasteiger partial charge in [-0.2, -0.15) is 0 Å². The van der Waals surface area contributed by atoms with E-state index in [-0.39, 0.29) is 41.2 Å². The molecule has 0 saturated carbocycles. The van der Waals surface area contributed by atoms with E-state index in [2.05, 4.69) is 4.90 Å². The molecule has 1 atom stereocenters. The van der Waals surface area contributed by atoms with Gasteiger partial charge in [0.15, 0.2) is 5.78 Å². The first-order valence-electron chi connectivity index (χ1n) is 17.8. The van der Waals surface area contributed by atoms with Crippen molar-refractivity contribution in [2.24, 2.45) is 0 Å². The number of carbonyl (C=O) groups excluding carboxylic acids is 3. The fourth-order valence-corrected chi connectivity index (χ4v) is 6.66. The van der Waals surface area contributed by atoms with Crippen LogP contribution < -0.4 is 14.7 Å². The van der Waals surface area contributed by atoms with E-state index < -0.39 is 0 Å². The summed E-state index contributed by atoms with van der Waals surface area (Å²) in [4.78, 5) is 49.5. The topological polar surface area (TPSA) is 60.9 Å². The maximum atomic E-state index is 15.1. The SMILES string of the molecule is O=C(CCN(c1ccccc1)c1ccccc1)c1ccc(C(=O)N(c2ccccc2)c2ccccc2)c(C(=O)N(c2ccccc2)C2C=CC=CC2)c1.